The predicted octanol–water partition coefficient (Wildman–Crippen LogP) is 2.49. The minimum atomic E-state index is -3.85. The van der Waals surface area contributed by atoms with E-state index in [1.54, 1.807) is 18.2 Å². The molecule has 0 atom stereocenters. The summed E-state index contributed by atoms with van der Waals surface area (Å²) in [6.45, 7) is 3.13. The first-order chi connectivity index (χ1) is 9.40. The number of hydrogen-bond donors (Lipinski definition) is 1. The molecule has 0 saturated carbocycles. The number of nitrogens with one attached hydrogen (secondary N) is 1. The topological polar surface area (TPSA) is 63.2 Å². The largest absolute Gasteiger partial charge is 0.274 e. The third-order valence-corrected chi connectivity index (χ3v) is 4.31. The van der Waals surface area contributed by atoms with Crippen LogP contribution in [0.2, 0.25) is 0 Å². The number of sulfonamides is 1. The summed E-state index contributed by atoms with van der Waals surface area (Å²) >= 11 is 0. The average Bonchev–Trinajstić information content (AvgIpc) is 2.38. The summed E-state index contributed by atoms with van der Waals surface area (Å²) in [6.07, 6.45) is 0. The van der Waals surface area contributed by atoms with Gasteiger partial charge in [-0.15, -0.1) is 0 Å². The molecule has 4 nitrogen and oxygen atoms in total. The van der Waals surface area contributed by atoms with Gasteiger partial charge in [0.2, 0.25) is 5.91 Å². The van der Waals surface area contributed by atoms with Crippen molar-refractivity contribution in [3.63, 3.8) is 0 Å². The molecule has 0 bridgehead atoms. The monoisotopic (exact) mass is 289 g/mol. The highest BCUT2D eigenvalue weighted by atomic mass is 32.2. The minimum Gasteiger partial charge on any atom is -0.274 e. The Morgan fingerprint density at radius 2 is 1.60 bits per heavy atom. The predicted molar refractivity (Wildman–Crippen MR) is 77.6 cm³/mol. The van der Waals surface area contributed by atoms with Crippen LogP contribution in [0.4, 0.5) is 0 Å². The lowest BCUT2D eigenvalue weighted by molar-refractivity contribution is -0.117. The van der Waals surface area contributed by atoms with Gasteiger partial charge in [-0.05, 0) is 18.6 Å². The Morgan fingerprint density at radius 1 is 1.00 bits per heavy atom. The quantitative estimate of drug-likeness (QED) is 0.944. The van der Waals surface area contributed by atoms with Gasteiger partial charge in [0.05, 0.1) is 4.90 Å². The number of rotatable bonds is 3. The summed E-state index contributed by atoms with van der Waals surface area (Å²) in [7, 11) is -3.85. The molecular formula is C15H15NO3S. The molecule has 0 aliphatic carbocycles. The van der Waals surface area contributed by atoms with Crippen LogP contribution in [0.3, 0.4) is 0 Å². The van der Waals surface area contributed by atoms with E-state index >= 15 is 0 Å². The fourth-order valence-electron chi connectivity index (χ4n) is 1.92. The zero-order valence-corrected chi connectivity index (χ0v) is 12.1. The Morgan fingerprint density at radius 3 is 2.20 bits per heavy atom. The van der Waals surface area contributed by atoms with Gasteiger partial charge in [-0.2, -0.15) is 0 Å². The van der Waals surface area contributed by atoms with Crippen LogP contribution < -0.4 is 4.72 Å². The molecular weight excluding hydrogens is 274 g/mol. The standard InChI is InChI=1S/C15H15NO3S/c1-11-7-9-13(10-8-11)14-5-3-4-6-15(14)20(18,19)16-12(2)17/h3-10H,1-2H3,(H,16,17). The second-order valence-corrected chi connectivity index (χ2v) is 6.17. The summed E-state index contributed by atoms with van der Waals surface area (Å²) in [6, 6.07) is 14.2. The van der Waals surface area contributed by atoms with Crippen LogP contribution in [-0.2, 0) is 14.8 Å². The van der Waals surface area contributed by atoms with Crippen molar-refractivity contribution in [1.82, 2.24) is 4.72 Å². The van der Waals surface area contributed by atoms with Crippen molar-refractivity contribution in [1.29, 1.82) is 0 Å². The number of carbonyl (C=O) groups is 1. The van der Waals surface area contributed by atoms with Crippen LogP contribution in [0.15, 0.2) is 53.4 Å². The molecule has 0 aromatic heterocycles. The van der Waals surface area contributed by atoms with Crippen LogP contribution in [0.5, 0.6) is 0 Å². The smallest absolute Gasteiger partial charge is 0.264 e. The maximum Gasteiger partial charge on any atom is 0.264 e. The van der Waals surface area contributed by atoms with E-state index in [-0.39, 0.29) is 4.90 Å². The highest BCUT2D eigenvalue weighted by Crippen LogP contribution is 2.27. The fraction of sp³-hybridized carbons (Fsp3) is 0.133. The normalized spacial score (nSPS) is 11.1. The lowest BCUT2D eigenvalue weighted by atomic mass is 10.0. The number of benzene rings is 2. The van der Waals surface area contributed by atoms with E-state index in [1.165, 1.54) is 13.0 Å². The lowest BCUT2D eigenvalue weighted by Gasteiger charge is -2.11. The van der Waals surface area contributed by atoms with Gasteiger partial charge < -0.3 is 0 Å². The van der Waals surface area contributed by atoms with Gasteiger partial charge in [-0.25, -0.2) is 13.1 Å². The van der Waals surface area contributed by atoms with Crippen LogP contribution >= 0.6 is 0 Å². The Balaban J connectivity index is 2.57. The van der Waals surface area contributed by atoms with Crippen molar-refractivity contribution in [2.75, 3.05) is 0 Å². The summed E-state index contributed by atoms with van der Waals surface area (Å²) in [5.41, 5.74) is 2.46. The van der Waals surface area contributed by atoms with Gasteiger partial charge in [0, 0.05) is 12.5 Å². The molecule has 0 saturated heterocycles. The summed E-state index contributed by atoms with van der Waals surface area (Å²) in [5.74, 6) is -0.608. The third-order valence-electron chi connectivity index (χ3n) is 2.82. The Kier molecular flexibility index (Phi) is 3.90. The van der Waals surface area contributed by atoms with Crippen molar-refractivity contribution >= 4 is 15.9 Å². The molecule has 2 aromatic carbocycles. The number of hydrogen-bond acceptors (Lipinski definition) is 3. The van der Waals surface area contributed by atoms with E-state index in [1.807, 2.05) is 35.9 Å². The molecule has 0 spiro atoms. The van der Waals surface area contributed by atoms with E-state index in [0.29, 0.717) is 5.56 Å². The SMILES string of the molecule is CC(=O)NS(=O)(=O)c1ccccc1-c1ccc(C)cc1. The maximum atomic E-state index is 12.2. The van der Waals surface area contributed by atoms with Gasteiger partial charge in [-0.1, -0.05) is 48.0 Å². The first-order valence-electron chi connectivity index (χ1n) is 6.09. The highest BCUT2D eigenvalue weighted by molar-refractivity contribution is 7.90. The highest BCUT2D eigenvalue weighted by Gasteiger charge is 2.19. The van der Waals surface area contributed by atoms with Crippen molar-refractivity contribution in [3.8, 4) is 11.1 Å². The molecule has 20 heavy (non-hydrogen) atoms. The molecule has 2 rings (SSSR count). The molecule has 1 N–H and O–H groups in total. The Labute approximate surface area is 118 Å². The summed E-state index contributed by atoms with van der Waals surface area (Å²) in [5, 5.41) is 0. The molecule has 0 aliphatic rings. The van der Waals surface area contributed by atoms with Gasteiger partial charge in [-0.3, -0.25) is 4.79 Å². The number of carbonyl (C=O) groups excluding carboxylic acids is 1. The molecule has 2 aromatic rings. The van der Waals surface area contributed by atoms with Crippen molar-refractivity contribution in [2.45, 2.75) is 18.7 Å². The van der Waals surface area contributed by atoms with Crippen molar-refractivity contribution < 1.29 is 13.2 Å². The Hall–Kier alpha value is -2.14. The van der Waals surface area contributed by atoms with Gasteiger partial charge in [0.1, 0.15) is 0 Å². The Bertz CT molecular complexity index is 734. The van der Waals surface area contributed by atoms with E-state index < -0.39 is 15.9 Å². The van der Waals surface area contributed by atoms with E-state index in [4.69, 9.17) is 0 Å². The minimum absolute atomic E-state index is 0.0963. The van der Waals surface area contributed by atoms with E-state index in [9.17, 15) is 13.2 Å². The first-order valence-corrected chi connectivity index (χ1v) is 7.58. The average molecular weight is 289 g/mol. The zero-order chi connectivity index (χ0) is 14.8. The number of aryl methyl sites for hydroxylation is 1. The summed E-state index contributed by atoms with van der Waals surface area (Å²) in [4.78, 5) is 11.1. The molecule has 0 radical (unpaired) electrons. The second-order valence-electron chi connectivity index (χ2n) is 4.52. The molecule has 0 heterocycles. The molecule has 0 unspecified atom stereocenters. The van der Waals surface area contributed by atoms with E-state index in [0.717, 1.165) is 11.1 Å². The summed E-state index contributed by atoms with van der Waals surface area (Å²) < 4.78 is 26.3. The molecule has 104 valence electrons. The van der Waals surface area contributed by atoms with Crippen molar-refractivity contribution in [2.24, 2.45) is 0 Å². The molecule has 0 aliphatic heterocycles. The zero-order valence-electron chi connectivity index (χ0n) is 11.3. The van der Waals surface area contributed by atoms with Gasteiger partial charge in [0.15, 0.2) is 0 Å². The van der Waals surface area contributed by atoms with Crippen LogP contribution in [0.25, 0.3) is 11.1 Å². The van der Waals surface area contributed by atoms with Crippen LogP contribution in [-0.4, -0.2) is 14.3 Å². The molecule has 0 fully saturated rings. The fourth-order valence-corrected chi connectivity index (χ4v) is 3.14. The second kappa shape index (κ2) is 5.46. The lowest BCUT2D eigenvalue weighted by Crippen LogP contribution is -2.28. The molecule has 5 heteroatoms. The van der Waals surface area contributed by atoms with Crippen LogP contribution in [0, 0.1) is 6.92 Å². The third kappa shape index (κ3) is 3.05. The van der Waals surface area contributed by atoms with Crippen molar-refractivity contribution in [3.05, 3.63) is 54.1 Å². The van der Waals surface area contributed by atoms with E-state index in [2.05, 4.69) is 0 Å². The van der Waals surface area contributed by atoms with Crippen LogP contribution in [0.1, 0.15) is 12.5 Å². The molecule has 1 amide bonds. The van der Waals surface area contributed by atoms with Gasteiger partial charge in [0.25, 0.3) is 10.0 Å². The number of amides is 1. The van der Waals surface area contributed by atoms with Gasteiger partial charge >= 0.3 is 0 Å². The first kappa shape index (κ1) is 14.3. The maximum absolute atomic E-state index is 12.2.